The summed E-state index contributed by atoms with van der Waals surface area (Å²) in [6, 6.07) is 20.4. The van der Waals surface area contributed by atoms with Crippen molar-refractivity contribution in [3.05, 3.63) is 71.8 Å². The number of fused-ring (bicyclic) bond motifs is 1. The van der Waals surface area contributed by atoms with E-state index in [0.717, 1.165) is 30.6 Å². The Balaban J connectivity index is 1.80. The van der Waals surface area contributed by atoms with Crippen molar-refractivity contribution in [3.63, 3.8) is 0 Å². The number of hydrogen-bond donors (Lipinski definition) is 1. The Morgan fingerprint density at radius 2 is 1.75 bits per heavy atom. The molecular formula is C19H22BNO3. The first-order valence-corrected chi connectivity index (χ1v) is 8.49. The van der Waals surface area contributed by atoms with Gasteiger partial charge in [-0.1, -0.05) is 60.7 Å². The molecule has 0 saturated carbocycles. The second-order valence-corrected chi connectivity index (χ2v) is 6.77. The number of nitrogens with zero attached hydrogens (tertiary/aromatic N) is 1. The second kappa shape index (κ2) is 6.33. The molecule has 0 spiro atoms. The van der Waals surface area contributed by atoms with Crippen LogP contribution in [0.3, 0.4) is 0 Å². The van der Waals surface area contributed by atoms with E-state index in [-0.39, 0.29) is 12.0 Å². The number of piperidine rings is 1. The van der Waals surface area contributed by atoms with Crippen molar-refractivity contribution in [1.82, 2.24) is 4.90 Å². The predicted octanol–water partition coefficient (Wildman–Crippen LogP) is 2.60. The summed E-state index contributed by atoms with van der Waals surface area (Å²) < 4.78 is 11.9. The second-order valence-electron chi connectivity index (χ2n) is 6.77. The van der Waals surface area contributed by atoms with Gasteiger partial charge in [-0.2, -0.15) is 0 Å². The van der Waals surface area contributed by atoms with E-state index < -0.39 is 12.9 Å². The molecule has 2 saturated heterocycles. The third-order valence-electron chi connectivity index (χ3n) is 5.30. The minimum Gasteiger partial charge on any atom is -0.402 e. The summed E-state index contributed by atoms with van der Waals surface area (Å²) in [7, 11) is 0.914. The molecule has 3 unspecified atom stereocenters. The predicted molar refractivity (Wildman–Crippen MR) is 93.0 cm³/mol. The molecule has 4 nitrogen and oxygen atoms in total. The van der Waals surface area contributed by atoms with Crippen LogP contribution in [-0.2, 0) is 14.9 Å². The van der Waals surface area contributed by atoms with Crippen LogP contribution in [0.4, 0.5) is 0 Å². The molecule has 5 heteroatoms. The van der Waals surface area contributed by atoms with Crippen LogP contribution in [-0.4, -0.2) is 37.4 Å². The summed E-state index contributed by atoms with van der Waals surface area (Å²) in [5, 5.41) is 10.3. The van der Waals surface area contributed by atoms with Crippen LogP contribution in [0.5, 0.6) is 0 Å². The summed E-state index contributed by atoms with van der Waals surface area (Å²) in [5.74, 6) is 0.115. The van der Waals surface area contributed by atoms with E-state index in [4.69, 9.17) is 9.31 Å². The molecule has 0 radical (unpaired) electrons. The minimum absolute atomic E-state index is 0.115. The number of rotatable bonds is 2. The van der Waals surface area contributed by atoms with Crippen molar-refractivity contribution in [1.29, 1.82) is 0 Å². The average Bonchev–Trinajstić information content (AvgIpc) is 2.63. The van der Waals surface area contributed by atoms with Crippen molar-refractivity contribution >= 4 is 7.32 Å². The summed E-state index contributed by atoms with van der Waals surface area (Å²) in [6.07, 6.45) is 0.639. The monoisotopic (exact) mass is 323 g/mol. The Kier molecular flexibility index (Phi) is 4.18. The fraction of sp³-hybridized carbons (Fsp3) is 0.368. The zero-order valence-corrected chi connectivity index (χ0v) is 13.8. The van der Waals surface area contributed by atoms with Crippen molar-refractivity contribution in [3.8, 4) is 0 Å². The Morgan fingerprint density at radius 1 is 1.08 bits per heavy atom. The molecule has 0 aromatic heterocycles. The van der Waals surface area contributed by atoms with Gasteiger partial charge in [0, 0.05) is 19.0 Å². The highest BCUT2D eigenvalue weighted by Crippen LogP contribution is 2.50. The molecule has 0 aliphatic carbocycles. The van der Waals surface area contributed by atoms with Gasteiger partial charge in [-0.05, 0) is 24.6 Å². The van der Waals surface area contributed by atoms with Crippen LogP contribution in [0.25, 0.3) is 0 Å². The lowest BCUT2D eigenvalue weighted by molar-refractivity contribution is -0.167. The minimum atomic E-state index is -1.21. The van der Waals surface area contributed by atoms with E-state index in [0.29, 0.717) is 0 Å². The molecule has 124 valence electrons. The van der Waals surface area contributed by atoms with Crippen LogP contribution in [0, 0.1) is 5.92 Å². The van der Waals surface area contributed by atoms with Crippen molar-refractivity contribution in [2.75, 3.05) is 20.1 Å². The largest absolute Gasteiger partial charge is 0.637 e. The van der Waals surface area contributed by atoms with Gasteiger partial charge < -0.3 is 19.2 Å². The number of benzene rings is 2. The van der Waals surface area contributed by atoms with Gasteiger partial charge in [0.2, 0.25) is 0 Å². The first-order valence-electron chi connectivity index (χ1n) is 8.49. The first kappa shape index (κ1) is 15.8. The fourth-order valence-corrected chi connectivity index (χ4v) is 4.13. The lowest BCUT2D eigenvalue weighted by atomic mass is 9.69. The molecule has 4 rings (SSSR count). The zero-order chi connectivity index (χ0) is 16.6. The van der Waals surface area contributed by atoms with E-state index >= 15 is 0 Å². The molecule has 2 heterocycles. The van der Waals surface area contributed by atoms with Crippen LogP contribution >= 0.6 is 0 Å². The van der Waals surface area contributed by atoms with E-state index in [2.05, 4.69) is 36.2 Å². The summed E-state index contributed by atoms with van der Waals surface area (Å²) in [4.78, 5) is 2.31. The smallest absolute Gasteiger partial charge is 0.402 e. The summed E-state index contributed by atoms with van der Waals surface area (Å²) in [5.41, 5.74) is 1.68. The van der Waals surface area contributed by atoms with Crippen molar-refractivity contribution in [2.24, 2.45) is 5.92 Å². The van der Waals surface area contributed by atoms with Gasteiger partial charge in [0.25, 0.3) is 0 Å². The molecule has 2 fully saturated rings. The van der Waals surface area contributed by atoms with E-state index in [1.165, 1.54) is 0 Å². The quantitative estimate of drug-likeness (QED) is 0.863. The number of hydrogen-bond acceptors (Lipinski definition) is 4. The number of likely N-dealkylation sites (tertiary alicyclic amines) is 1. The van der Waals surface area contributed by atoms with Crippen molar-refractivity contribution in [2.45, 2.75) is 18.1 Å². The van der Waals surface area contributed by atoms with Gasteiger partial charge in [0.1, 0.15) is 0 Å². The molecule has 0 bridgehead atoms. The molecule has 0 amide bonds. The molecule has 2 aliphatic heterocycles. The Bertz CT molecular complexity index is 684. The summed E-state index contributed by atoms with van der Waals surface area (Å²) >= 11 is 0. The highest BCUT2D eigenvalue weighted by Gasteiger charge is 2.55. The Morgan fingerprint density at radius 3 is 2.46 bits per heavy atom. The topological polar surface area (TPSA) is 41.9 Å². The first-order chi connectivity index (χ1) is 11.7. The molecule has 24 heavy (non-hydrogen) atoms. The van der Waals surface area contributed by atoms with Gasteiger partial charge in [0.05, 0.1) is 11.7 Å². The molecule has 3 atom stereocenters. The molecule has 1 N–H and O–H groups in total. The highest BCUT2D eigenvalue weighted by atomic mass is 16.7. The van der Waals surface area contributed by atoms with Gasteiger partial charge in [-0.25, -0.2) is 0 Å². The molecule has 2 aromatic rings. The Labute approximate surface area is 143 Å². The van der Waals surface area contributed by atoms with Crippen LogP contribution < -0.4 is 0 Å². The van der Waals surface area contributed by atoms with Crippen LogP contribution in [0.1, 0.15) is 23.7 Å². The van der Waals surface area contributed by atoms with Crippen molar-refractivity contribution < 1.29 is 14.3 Å². The molecular weight excluding hydrogens is 301 g/mol. The third kappa shape index (κ3) is 2.68. The zero-order valence-electron chi connectivity index (χ0n) is 13.8. The van der Waals surface area contributed by atoms with Gasteiger partial charge in [-0.3, -0.25) is 0 Å². The van der Waals surface area contributed by atoms with E-state index in [9.17, 15) is 5.02 Å². The maximum absolute atomic E-state index is 10.3. The fourth-order valence-electron chi connectivity index (χ4n) is 4.13. The normalized spacial score (nSPS) is 30.8. The van der Waals surface area contributed by atoms with Gasteiger partial charge >= 0.3 is 7.32 Å². The lowest BCUT2D eigenvalue weighted by Crippen LogP contribution is -2.59. The van der Waals surface area contributed by atoms with Crippen LogP contribution in [0.2, 0.25) is 0 Å². The Hall–Kier alpha value is -1.66. The standard InChI is InChI=1S/C19H22BNO3/c1-21-13-12-19(16-10-6-3-7-11-16)17(14-21)18(23-20(22)24-19)15-8-4-2-5-9-15/h2-11,17-18,22H,12-14H2,1H3. The maximum Gasteiger partial charge on any atom is 0.637 e. The SMILES string of the molecule is CN1CCC2(c3ccccc3)OB(O)OC(c3ccccc3)C2C1. The highest BCUT2D eigenvalue weighted by molar-refractivity contribution is 6.35. The maximum atomic E-state index is 10.3. The van der Waals surface area contributed by atoms with E-state index in [1.807, 2.05) is 36.4 Å². The van der Waals surface area contributed by atoms with Gasteiger partial charge in [-0.15, -0.1) is 0 Å². The molecule has 2 aliphatic rings. The third-order valence-corrected chi connectivity index (χ3v) is 5.30. The summed E-state index contributed by atoms with van der Waals surface area (Å²) in [6.45, 7) is 1.79. The van der Waals surface area contributed by atoms with Gasteiger partial charge in [0.15, 0.2) is 0 Å². The average molecular weight is 323 g/mol. The van der Waals surface area contributed by atoms with E-state index in [1.54, 1.807) is 0 Å². The van der Waals surface area contributed by atoms with Crippen LogP contribution in [0.15, 0.2) is 60.7 Å². The lowest BCUT2D eigenvalue weighted by Gasteiger charge is -2.53. The molecule has 2 aromatic carbocycles.